The number of thiophene rings is 1. The average molecular weight is 288 g/mol. The van der Waals surface area contributed by atoms with Crippen LogP contribution < -0.4 is 5.32 Å². The normalized spacial score (nSPS) is 26.2. The Bertz CT molecular complexity index is 611. The van der Waals surface area contributed by atoms with Gasteiger partial charge in [-0.25, -0.2) is 9.97 Å². The summed E-state index contributed by atoms with van der Waals surface area (Å²) in [6.07, 6.45) is 4.28. The first-order valence-electron chi connectivity index (χ1n) is 7.47. The number of nitrogens with zero attached hydrogens (tertiary/aromatic N) is 3. The Balaban J connectivity index is 1.56. The van der Waals surface area contributed by atoms with E-state index in [0.717, 1.165) is 40.2 Å². The van der Waals surface area contributed by atoms with Crippen LogP contribution in [0.2, 0.25) is 0 Å². The fourth-order valence-corrected chi connectivity index (χ4v) is 4.60. The van der Waals surface area contributed by atoms with E-state index < -0.39 is 0 Å². The molecule has 1 aliphatic carbocycles. The molecule has 1 saturated heterocycles. The first kappa shape index (κ1) is 12.5. The van der Waals surface area contributed by atoms with Gasteiger partial charge < -0.3 is 5.32 Å². The van der Waals surface area contributed by atoms with Crippen LogP contribution in [-0.4, -0.2) is 35.0 Å². The zero-order valence-electron chi connectivity index (χ0n) is 11.8. The number of nitrogens with one attached hydrogen (secondary N) is 1. The summed E-state index contributed by atoms with van der Waals surface area (Å²) in [6, 6.07) is 2.09. The lowest BCUT2D eigenvalue weighted by molar-refractivity contribution is 0.296. The fourth-order valence-electron chi connectivity index (χ4n) is 3.82. The van der Waals surface area contributed by atoms with Crippen LogP contribution in [0, 0.1) is 11.8 Å². The van der Waals surface area contributed by atoms with Crippen LogP contribution >= 0.6 is 11.3 Å². The third-order valence-corrected chi connectivity index (χ3v) is 5.58. The Kier molecular flexibility index (Phi) is 3.11. The Hall–Kier alpha value is -1.20. The van der Waals surface area contributed by atoms with E-state index in [1.165, 1.54) is 32.4 Å². The monoisotopic (exact) mass is 288 g/mol. The molecule has 5 heteroatoms. The van der Waals surface area contributed by atoms with Crippen molar-refractivity contribution < 1.29 is 0 Å². The molecule has 4 nitrogen and oxygen atoms in total. The highest BCUT2D eigenvalue weighted by molar-refractivity contribution is 7.16. The second-order valence-electron chi connectivity index (χ2n) is 6.02. The number of aromatic nitrogens is 2. The quantitative estimate of drug-likeness (QED) is 0.943. The molecular weight excluding hydrogens is 268 g/mol. The molecule has 2 aromatic rings. The molecule has 106 valence electrons. The number of hydrogen-bond donors (Lipinski definition) is 1. The van der Waals surface area contributed by atoms with Crippen molar-refractivity contribution >= 4 is 27.4 Å². The van der Waals surface area contributed by atoms with Gasteiger partial charge in [0, 0.05) is 20.1 Å². The maximum Gasteiger partial charge on any atom is 0.146 e. The highest BCUT2D eigenvalue weighted by atomic mass is 32.1. The minimum Gasteiger partial charge on any atom is -0.372 e. The lowest BCUT2D eigenvalue weighted by Gasteiger charge is -2.16. The summed E-state index contributed by atoms with van der Waals surface area (Å²) < 4.78 is 0. The van der Waals surface area contributed by atoms with Crippen LogP contribution in [0.4, 0.5) is 5.82 Å². The number of hydrogen-bond acceptors (Lipinski definition) is 5. The van der Waals surface area contributed by atoms with Crippen molar-refractivity contribution in [2.75, 3.05) is 25.5 Å². The highest BCUT2D eigenvalue weighted by Gasteiger charge is 2.36. The van der Waals surface area contributed by atoms with Gasteiger partial charge in [0.15, 0.2) is 0 Å². The van der Waals surface area contributed by atoms with E-state index in [4.69, 9.17) is 9.97 Å². The van der Waals surface area contributed by atoms with Crippen molar-refractivity contribution in [2.24, 2.45) is 11.8 Å². The van der Waals surface area contributed by atoms with Crippen molar-refractivity contribution in [3.63, 3.8) is 0 Å². The Morgan fingerprint density at radius 1 is 1.30 bits per heavy atom. The first-order valence-corrected chi connectivity index (χ1v) is 8.35. The number of anilines is 1. The molecule has 1 N–H and O–H groups in total. The maximum absolute atomic E-state index is 4.73. The first-order chi connectivity index (χ1) is 9.83. The standard InChI is InChI=1S/C15H20N4S/c1-16-14-12-5-6-20-15(12)18-13(17-14)9-19-7-10-3-2-4-11(10)8-19/h5-6,10-11H,2-4,7-9H2,1H3,(H,16,17,18). The van der Waals surface area contributed by atoms with Crippen molar-refractivity contribution in [1.29, 1.82) is 0 Å². The maximum atomic E-state index is 4.73. The third kappa shape index (κ3) is 2.09. The lowest BCUT2D eigenvalue weighted by Crippen LogP contribution is -2.22. The van der Waals surface area contributed by atoms with Gasteiger partial charge in [0.25, 0.3) is 0 Å². The SMILES string of the molecule is CNc1nc(CN2CC3CCCC3C2)nc2sccc12. The number of rotatable bonds is 3. The van der Waals surface area contributed by atoms with Gasteiger partial charge in [-0.2, -0.15) is 0 Å². The van der Waals surface area contributed by atoms with Gasteiger partial charge in [-0.15, -0.1) is 11.3 Å². The molecule has 2 atom stereocenters. The largest absolute Gasteiger partial charge is 0.372 e. The molecule has 2 aliphatic rings. The van der Waals surface area contributed by atoms with Gasteiger partial charge >= 0.3 is 0 Å². The van der Waals surface area contributed by atoms with E-state index in [9.17, 15) is 0 Å². The predicted molar refractivity (Wildman–Crippen MR) is 83.1 cm³/mol. The Morgan fingerprint density at radius 3 is 2.85 bits per heavy atom. The van der Waals surface area contributed by atoms with Crippen molar-refractivity contribution in [1.82, 2.24) is 14.9 Å². The van der Waals surface area contributed by atoms with Gasteiger partial charge in [0.05, 0.1) is 11.9 Å². The van der Waals surface area contributed by atoms with Gasteiger partial charge in [-0.3, -0.25) is 4.90 Å². The molecule has 2 aromatic heterocycles. The summed E-state index contributed by atoms with van der Waals surface area (Å²) >= 11 is 1.70. The number of likely N-dealkylation sites (tertiary alicyclic amines) is 1. The molecule has 4 rings (SSSR count). The molecule has 0 radical (unpaired) electrons. The molecule has 2 unspecified atom stereocenters. The third-order valence-electron chi connectivity index (χ3n) is 4.78. The summed E-state index contributed by atoms with van der Waals surface area (Å²) in [6.45, 7) is 3.38. The molecule has 20 heavy (non-hydrogen) atoms. The topological polar surface area (TPSA) is 41.1 Å². The van der Waals surface area contributed by atoms with Crippen LogP contribution in [0.5, 0.6) is 0 Å². The smallest absolute Gasteiger partial charge is 0.146 e. The second-order valence-corrected chi connectivity index (χ2v) is 6.92. The Morgan fingerprint density at radius 2 is 2.10 bits per heavy atom. The molecule has 0 spiro atoms. The van der Waals surface area contributed by atoms with Gasteiger partial charge in [-0.05, 0) is 36.1 Å². The van der Waals surface area contributed by atoms with Crippen molar-refractivity contribution in [3.8, 4) is 0 Å². The van der Waals surface area contributed by atoms with Crippen LogP contribution in [0.3, 0.4) is 0 Å². The van der Waals surface area contributed by atoms with E-state index in [2.05, 4.69) is 21.7 Å². The molecule has 2 fully saturated rings. The predicted octanol–water partition coefficient (Wildman–Crippen LogP) is 2.96. The van der Waals surface area contributed by atoms with E-state index in [0.29, 0.717) is 0 Å². The zero-order chi connectivity index (χ0) is 13.5. The molecule has 3 heterocycles. The summed E-state index contributed by atoms with van der Waals surface area (Å²) in [5.74, 6) is 3.79. The molecule has 0 bridgehead atoms. The average Bonchev–Trinajstić information content (AvgIpc) is 3.12. The summed E-state index contributed by atoms with van der Waals surface area (Å²) in [7, 11) is 1.93. The number of fused-ring (bicyclic) bond motifs is 2. The zero-order valence-corrected chi connectivity index (χ0v) is 12.6. The minimum absolute atomic E-state index is 0.898. The van der Waals surface area contributed by atoms with Gasteiger partial charge in [0.2, 0.25) is 0 Å². The van der Waals surface area contributed by atoms with E-state index >= 15 is 0 Å². The van der Waals surface area contributed by atoms with E-state index in [1.807, 2.05) is 7.05 Å². The summed E-state index contributed by atoms with van der Waals surface area (Å²) in [5.41, 5.74) is 0. The Labute approximate surface area is 123 Å². The van der Waals surface area contributed by atoms with Gasteiger partial charge in [0.1, 0.15) is 16.5 Å². The second kappa shape index (κ2) is 4.97. The molecule has 1 saturated carbocycles. The molecule has 1 aliphatic heterocycles. The highest BCUT2D eigenvalue weighted by Crippen LogP contribution is 2.38. The lowest BCUT2D eigenvalue weighted by atomic mass is 10.0. The van der Waals surface area contributed by atoms with Crippen LogP contribution in [0.15, 0.2) is 11.4 Å². The van der Waals surface area contributed by atoms with Crippen molar-refractivity contribution in [3.05, 3.63) is 17.3 Å². The van der Waals surface area contributed by atoms with Crippen LogP contribution in [0.25, 0.3) is 10.2 Å². The molecule has 0 amide bonds. The molecule has 0 aromatic carbocycles. The summed E-state index contributed by atoms with van der Waals surface area (Å²) in [5, 5.41) is 6.42. The van der Waals surface area contributed by atoms with Gasteiger partial charge in [-0.1, -0.05) is 6.42 Å². The molecular formula is C15H20N4S. The summed E-state index contributed by atoms with van der Waals surface area (Å²) in [4.78, 5) is 13.1. The van der Waals surface area contributed by atoms with Crippen LogP contribution in [0.1, 0.15) is 25.1 Å². The van der Waals surface area contributed by atoms with Crippen molar-refractivity contribution in [2.45, 2.75) is 25.8 Å². The van der Waals surface area contributed by atoms with Crippen LogP contribution in [-0.2, 0) is 6.54 Å². The minimum atomic E-state index is 0.898. The van der Waals surface area contributed by atoms with E-state index in [-0.39, 0.29) is 0 Å². The van der Waals surface area contributed by atoms with E-state index in [1.54, 1.807) is 11.3 Å². The fraction of sp³-hybridized carbons (Fsp3) is 0.600.